The van der Waals surface area contributed by atoms with Crippen LogP contribution in [0.25, 0.3) is 0 Å². The molecule has 0 heterocycles. The number of benzene rings is 2. The molecule has 4 nitrogen and oxygen atoms in total. The van der Waals surface area contributed by atoms with Gasteiger partial charge in [-0.25, -0.2) is 0 Å². The van der Waals surface area contributed by atoms with Gasteiger partial charge in [0.05, 0.1) is 18.2 Å². The van der Waals surface area contributed by atoms with E-state index in [1.807, 2.05) is 36.4 Å². The second-order valence-corrected chi connectivity index (χ2v) is 5.91. The van der Waals surface area contributed by atoms with E-state index < -0.39 is 0 Å². The normalized spacial score (nSPS) is 9.91. The molecule has 0 spiro atoms. The molecule has 0 radical (unpaired) electrons. The maximum absolute atomic E-state index is 11.8. The zero-order valence-electron chi connectivity index (χ0n) is 12.6. The van der Waals surface area contributed by atoms with Crippen LogP contribution in [0, 0.1) is 11.3 Å². The zero-order chi connectivity index (χ0) is 16.5. The molecular formula is C18H17BrN2O2. The Bertz CT molecular complexity index is 693. The largest absolute Gasteiger partial charge is 0.494 e. The molecule has 0 saturated carbocycles. The topological polar surface area (TPSA) is 62.1 Å². The number of carbonyl (C=O) groups is 1. The summed E-state index contributed by atoms with van der Waals surface area (Å²) < 4.78 is 6.55. The predicted molar refractivity (Wildman–Crippen MR) is 91.9 cm³/mol. The third kappa shape index (κ3) is 6.13. The van der Waals surface area contributed by atoms with Gasteiger partial charge in [0.15, 0.2) is 0 Å². The highest BCUT2D eigenvalue weighted by molar-refractivity contribution is 9.10. The summed E-state index contributed by atoms with van der Waals surface area (Å²) in [7, 11) is 0. The van der Waals surface area contributed by atoms with Crippen LogP contribution in [0.3, 0.4) is 0 Å². The van der Waals surface area contributed by atoms with Crippen LogP contribution in [0.4, 0.5) is 0 Å². The highest BCUT2D eigenvalue weighted by Gasteiger charge is 2.02. The number of hydrogen-bond acceptors (Lipinski definition) is 3. The average molecular weight is 373 g/mol. The van der Waals surface area contributed by atoms with Crippen molar-refractivity contribution < 1.29 is 9.53 Å². The van der Waals surface area contributed by atoms with Crippen LogP contribution >= 0.6 is 15.9 Å². The fourth-order valence-corrected chi connectivity index (χ4v) is 2.34. The maximum atomic E-state index is 11.8. The number of amides is 1. The molecule has 1 amide bonds. The van der Waals surface area contributed by atoms with Gasteiger partial charge in [0.25, 0.3) is 0 Å². The minimum Gasteiger partial charge on any atom is -0.494 e. The second kappa shape index (κ2) is 8.96. The molecule has 118 valence electrons. The molecule has 0 aliphatic rings. The van der Waals surface area contributed by atoms with Gasteiger partial charge < -0.3 is 10.1 Å². The molecule has 2 rings (SSSR count). The molecule has 5 heteroatoms. The third-order valence-corrected chi connectivity index (χ3v) is 3.68. The molecule has 2 aromatic carbocycles. The monoisotopic (exact) mass is 372 g/mol. The minimum absolute atomic E-state index is 0.00722. The van der Waals surface area contributed by atoms with Crippen molar-refractivity contribution >= 4 is 21.8 Å². The summed E-state index contributed by atoms with van der Waals surface area (Å²) in [4.78, 5) is 11.8. The van der Waals surface area contributed by atoms with Crippen molar-refractivity contribution in [3.8, 4) is 11.8 Å². The Hall–Kier alpha value is -2.32. The maximum Gasteiger partial charge on any atom is 0.220 e. The van der Waals surface area contributed by atoms with Crippen molar-refractivity contribution in [1.82, 2.24) is 5.32 Å². The second-order valence-electron chi connectivity index (χ2n) is 4.99. The molecule has 0 aliphatic carbocycles. The third-order valence-electron chi connectivity index (χ3n) is 3.19. The van der Waals surface area contributed by atoms with Gasteiger partial charge in [0.2, 0.25) is 5.91 Å². The number of nitrogens with zero attached hydrogens (tertiary/aromatic N) is 1. The molecule has 23 heavy (non-hydrogen) atoms. The predicted octanol–water partition coefficient (Wildman–Crippen LogP) is 3.80. The number of hydrogen-bond donors (Lipinski definition) is 1. The van der Waals surface area contributed by atoms with Crippen LogP contribution in [0.15, 0.2) is 53.0 Å². The van der Waals surface area contributed by atoms with E-state index in [1.165, 1.54) is 0 Å². The molecule has 2 aromatic rings. The molecule has 0 aromatic heterocycles. The van der Waals surface area contributed by atoms with Crippen LogP contribution in [0.2, 0.25) is 0 Å². The molecule has 1 N–H and O–H groups in total. The van der Waals surface area contributed by atoms with Crippen LogP contribution in [0.5, 0.6) is 5.75 Å². The van der Waals surface area contributed by atoms with E-state index in [0.29, 0.717) is 31.6 Å². The lowest BCUT2D eigenvalue weighted by molar-refractivity contribution is -0.121. The molecule has 0 aliphatic heterocycles. The first-order chi connectivity index (χ1) is 11.2. The Morgan fingerprint density at radius 2 is 2.00 bits per heavy atom. The summed E-state index contributed by atoms with van der Waals surface area (Å²) in [5.74, 6) is 0.782. The number of ether oxygens (including phenoxy) is 1. The smallest absolute Gasteiger partial charge is 0.220 e. The van der Waals surface area contributed by atoms with E-state index in [0.717, 1.165) is 15.8 Å². The van der Waals surface area contributed by atoms with Gasteiger partial charge in [-0.05, 0) is 42.3 Å². The molecule has 0 atom stereocenters. The van der Waals surface area contributed by atoms with E-state index in [-0.39, 0.29) is 5.91 Å². The lowest BCUT2D eigenvalue weighted by Crippen LogP contribution is -2.22. The van der Waals surface area contributed by atoms with Crippen LogP contribution in [0.1, 0.15) is 24.0 Å². The summed E-state index contributed by atoms with van der Waals surface area (Å²) in [6.45, 7) is 0.970. The van der Waals surface area contributed by atoms with Crippen LogP contribution in [-0.4, -0.2) is 12.5 Å². The van der Waals surface area contributed by atoms with Crippen molar-refractivity contribution in [3.05, 3.63) is 64.1 Å². The van der Waals surface area contributed by atoms with Crippen LogP contribution < -0.4 is 10.1 Å². The molecular weight excluding hydrogens is 356 g/mol. The molecule has 0 bridgehead atoms. The van der Waals surface area contributed by atoms with E-state index in [1.54, 1.807) is 12.1 Å². The van der Waals surface area contributed by atoms with Crippen molar-refractivity contribution in [1.29, 1.82) is 5.26 Å². The Morgan fingerprint density at radius 1 is 1.22 bits per heavy atom. The van der Waals surface area contributed by atoms with Gasteiger partial charge >= 0.3 is 0 Å². The Labute approximate surface area is 144 Å². The van der Waals surface area contributed by atoms with Gasteiger partial charge in [-0.1, -0.05) is 34.1 Å². The highest BCUT2D eigenvalue weighted by atomic mass is 79.9. The quantitative estimate of drug-likeness (QED) is 0.751. The molecule has 0 saturated heterocycles. The van der Waals surface area contributed by atoms with Crippen molar-refractivity contribution in [2.45, 2.75) is 19.4 Å². The Balaban J connectivity index is 1.64. The average Bonchev–Trinajstić information content (AvgIpc) is 2.57. The summed E-state index contributed by atoms with van der Waals surface area (Å²) in [5, 5.41) is 11.6. The standard InChI is InChI=1S/C18H17BrN2O2/c19-16-3-1-4-17(11-16)23-10-2-5-18(22)21-13-15-8-6-14(12-20)7-9-15/h1,3-4,6-9,11H,2,5,10,13H2,(H,21,22). The van der Waals surface area contributed by atoms with Gasteiger partial charge in [-0.15, -0.1) is 0 Å². The summed E-state index contributed by atoms with van der Waals surface area (Å²) in [6, 6.07) is 16.9. The number of carbonyl (C=O) groups excluding carboxylic acids is 1. The first-order valence-corrected chi connectivity index (χ1v) is 8.11. The first-order valence-electron chi connectivity index (χ1n) is 7.31. The van der Waals surface area contributed by atoms with E-state index >= 15 is 0 Å². The van der Waals surface area contributed by atoms with Gasteiger partial charge in [0, 0.05) is 17.4 Å². The fourth-order valence-electron chi connectivity index (χ4n) is 1.97. The highest BCUT2D eigenvalue weighted by Crippen LogP contribution is 2.17. The summed E-state index contributed by atoms with van der Waals surface area (Å²) in [5.41, 5.74) is 1.59. The van der Waals surface area contributed by atoms with Gasteiger partial charge in [-0.3, -0.25) is 4.79 Å². The number of halogens is 1. The van der Waals surface area contributed by atoms with Gasteiger partial charge in [0.1, 0.15) is 5.75 Å². The van der Waals surface area contributed by atoms with E-state index in [4.69, 9.17) is 10.00 Å². The summed E-state index contributed by atoms with van der Waals surface area (Å²) in [6.07, 6.45) is 1.08. The zero-order valence-corrected chi connectivity index (χ0v) is 14.2. The lowest BCUT2D eigenvalue weighted by atomic mass is 10.1. The Morgan fingerprint density at radius 3 is 2.70 bits per heavy atom. The number of rotatable bonds is 7. The van der Waals surface area contributed by atoms with Crippen molar-refractivity contribution in [2.24, 2.45) is 0 Å². The van der Waals surface area contributed by atoms with E-state index in [9.17, 15) is 4.79 Å². The van der Waals surface area contributed by atoms with E-state index in [2.05, 4.69) is 27.3 Å². The van der Waals surface area contributed by atoms with Crippen LogP contribution in [-0.2, 0) is 11.3 Å². The fraction of sp³-hybridized carbons (Fsp3) is 0.222. The SMILES string of the molecule is N#Cc1ccc(CNC(=O)CCCOc2cccc(Br)c2)cc1. The number of nitrogens with one attached hydrogen (secondary N) is 1. The first kappa shape index (κ1) is 17.0. The minimum atomic E-state index is -0.00722. The molecule has 0 fully saturated rings. The number of nitriles is 1. The van der Waals surface area contributed by atoms with Crippen molar-refractivity contribution in [2.75, 3.05) is 6.61 Å². The van der Waals surface area contributed by atoms with Crippen molar-refractivity contribution in [3.63, 3.8) is 0 Å². The Kier molecular flexibility index (Phi) is 6.64. The lowest BCUT2D eigenvalue weighted by Gasteiger charge is -2.07. The molecule has 0 unspecified atom stereocenters. The van der Waals surface area contributed by atoms with Gasteiger partial charge in [-0.2, -0.15) is 5.26 Å². The summed E-state index contributed by atoms with van der Waals surface area (Å²) >= 11 is 3.38.